The minimum Gasteiger partial charge on any atom is -0.442 e. The zero-order valence-corrected chi connectivity index (χ0v) is 19.3. The van der Waals surface area contributed by atoms with Crippen molar-refractivity contribution >= 4 is 53.1 Å². The molecule has 0 radical (unpaired) electrons. The van der Waals surface area contributed by atoms with Crippen LogP contribution in [0.2, 0.25) is 0 Å². The molecule has 1 saturated heterocycles. The van der Waals surface area contributed by atoms with Crippen LogP contribution in [0, 0.1) is 0 Å². The number of rotatable bonds is 13. The maximum absolute atomic E-state index is 12.3. The van der Waals surface area contributed by atoms with Gasteiger partial charge in [0.05, 0.1) is 29.8 Å². The smallest absolute Gasteiger partial charge is 0.414 e. The number of ether oxygens (including phenoxy) is 2. The highest BCUT2D eigenvalue weighted by Crippen LogP contribution is 2.25. The highest BCUT2D eigenvalue weighted by molar-refractivity contribution is 8.04. The van der Waals surface area contributed by atoms with Crippen LogP contribution in [0.4, 0.5) is 16.2 Å². The summed E-state index contributed by atoms with van der Waals surface area (Å²) in [6, 6.07) is 7.05. The Kier molecular flexibility index (Phi) is 10.7. The largest absolute Gasteiger partial charge is 0.442 e. The number of benzene rings is 1. The first-order valence-electron chi connectivity index (χ1n) is 10.1. The highest BCUT2D eigenvalue weighted by Gasteiger charge is 2.32. The molecule has 1 aliphatic heterocycles. The lowest BCUT2D eigenvalue weighted by atomic mass is 10.2. The topological polar surface area (TPSA) is 88.2 Å². The molecule has 1 fully saturated rings. The number of alkyl halides is 1. The van der Waals surface area contributed by atoms with Crippen molar-refractivity contribution in [2.45, 2.75) is 26.4 Å². The Hall–Kier alpha value is -2.23. The second-order valence-corrected chi connectivity index (χ2v) is 8.17. The quantitative estimate of drug-likeness (QED) is 0.206. The average Bonchev–Trinajstić information content (AvgIpc) is 3.15. The van der Waals surface area contributed by atoms with Gasteiger partial charge in [0.1, 0.15) is 6.10 Å². The van der Waals surface area contributed by atoms with Crippen LogP contribution in [0.15, 0.2) is 35.2 Å². The summed E-state index contributed by atoms with van der Waals surface area (Å²) in [4.78, 5) is 39.5. The molecule has 170 valence electrons. The monoisotopic (exact) mass is 469 g/mol. The molecule has 0 spiro atoms. The number of halogens is 1. The van der Waals surface area contributed by atoms with E-state index in [0.29, 0.717) is 42.6 Å². The van der Waals surface area contributed by atoms with Gasteiger partial charge in [-0.2, -0.15) is 0 Å². The molecular formula is C21H28ClN3O5S. The summed E-state index contributed by atoms with van der Waals surface area (Å²) < 4.78 is 10.7. The SMILES string of the molecule is CC/C=C(\SCCl)C(=O)NCC1CN(c2ccc(N(C=O)CCOCC)cc2)C(=O)O1. The number of carbonyl (C=O) groups excluding carboxylic acids is 3. The molecule has 1 heterocycles. The van der Waals surface area contributed by atoms with E-state index >= 15 is 0 Å². The van der Waals surface area contributed by atoms with Gasteiger partial charge in [0, 0.05) is 24.5 Å². The van der Waals surface area contributed by atoms with Crippen molar-refractivity contribution in [1.29, 1.82) is 0 Å². The standard InChI is InChI=1S/C21H28ClN3O5S/c1-3-5-19(31-14-22)20(27)23-12-18-13-25(21(28)30-18)17-8-6-16(7-9-17)24(15-26)10-11-29-4-2/h5-9,15,18H,3-4,10-14H2,1-2H3,(H,23,27)/b19-5-. The van der Waals surface area contributed by atoms with Gasteiger partial charge in [-0.3, -0.25) is 14.5 Å². The molecule has 1 aromatic rings. The number of thioether (sulfide) groups is 1. The van der Waals surface area contributed by atoms with Crippen LogP contribution in [0.1, 0.15) is 20.3 Å². The summed E-state index contributed by atoms with van der Waals surface area (Å²) in [5, 5.41) is 3.08. The Morgan fingerprint density at radius 2 is 2.13 bits per heavy atom. The van der Waals surface area contributed by atoms with Crippen molar-refractivity contribution in [3.63, 3.8) is 0 Å². The van der Waals surface area contributed by atoms with Gasteiger partial charge in [0.2, 0.25) is 6.41 Å². The summed E-state index contributed by atoms with van der Waals surface area (Å²) in [7, 11) is 0. The third-order valence-corrected chi connectivity index (χ3v) is 5.59. The lowest BCUT2D eigenvalue weighted by molar-refractivity contribution is -0.117. The number of anilines is 2. The maximum atomic E-state index is 12.3. The molecule has 2 rings (SSSR count). The van der Waals surface area contributed by atoms with E-state index in [4.69, 9.17) is 21.1 Å². The number of hydrogen-bond acceptors (Lipinski definition) is 6. The minimum atomic E-state index is -0.477. The van der Waals surface area contributed by atoms with Gasteiger partial charge in [-0.25, -0.2) is 4.79 Å². The molecule has 0 saturated carbocycles. The zero-order chi connectivity index (χ0) is 22.6. The van der Waals surface area contributed by atoms with Crippen molar-refractivity contribution in [2.24, 2.45) is 0 Å². The first kappa shape index (κ1) is 25.0. The number of nitrogens with zero attached hydrogens (tertiary/aromatic N) is 2. The second-order valence-electron chi connectivity index (χ2n) is 6.57. The summed E-state index contributed by atoms with van der Waals surface area (Å²) >= 11 is 6.98. The van der Waals surface area contributed by atoms with E-state index in [0.717, 1.165) is 12.8 Å². The number of amides is 3. The molecular weight excluding hydrogens is 442 g/mol. The van der Waals surface area contributed by atoms with Gasteiger partial charge < -0.3 is 19.7 Å². The Bertz CT molecular complexity index is 775. The van der Waals surface area contributed by atoms with Gasteiger partial charge in [0.25, 0.3) is 5.91 Å². The Morgan fingerprint density at radius 3 is 2.74 bits per heavy atom. The maximum Gasteiger partial charge on any atom is 0.414 e. The predicted octanol–water partition coefficient (Wildman–Crippen LogP) is 3.35. The van der Waals surface area contributed by atoms with Gasteiger partial charge in [-0.05, 0) is 37.6 Å². The lowest BCUT2D eigenvalue weighted by Gasteiger charge is -2.19. The van der Waals surface area contributed by atoms with E-state index in [9.17, 15) is 14.4 Å². The molecule has 3 amide bonds. The highest BCUT2D eigenvalue weighted by atomic mass is 35.5. The molecule has 1 unspecified atom stereocenters. The predicted molar refractivity (Wildman–Crippen MR) is 124 cm³/mol. The van der Waals surface area contributed by atoms with E-state index in [-0.39, 0.29) is 17.7 Å². The van der Waals surface area contributed by atoms with Gasteiger partial charge >= 0.3 is 6.09 Å². The Labute approximate surface area is 191 Å². The second kappa shape index (κ2) is 13.2. The molecule has 0 aliphatic carbocycles. The van der Waals surface area contributed by atoms with Crippen molar-refractivity contribution in [3.8, 4) is 0 Å². The van der Waals surface area contributed by atoms with E-state index in [1.54, 1.807) is 29.2 Å². The summed E-state index contributed by atoms with van der Waals surface area (Å²) in [6.07, 6.45) is 2.35. The fourth-order valence-corrected chi connectivity index (χ4v) is 3.93. The first-order chi connectivity index (χ1) is 15.0. The van der Waals surface area contributed by atoms with Crippen molar-refractivity contribution in [2.75, 3.05) is 47.9 Å². The third kappa shape index (κ3) is 7.45. The summed E-state index contributed by atoms with van der Waals surface area (Å²) in [5.74, 6) is -0.229. The van der Waals surface area contributed by atoms with Crippen LogP contribution < -0.4 is 15.1 Å². The Balaban J connectivity index is 1.93. The van der Waals surface area contributed by atoms with Crippen molar-refractivity contribution in [3.05, 3.63) is 35.2 Å². The molecule has 1 aliphatic rings. The van der Waals surface area contributed by atoms with Crippen molar-refractivity contribution in [1.82, 2.24) is 5.32 Å². The number of nitrogens with one attached hydrogen (secondary N) is 1. The van der Waals surface area contributed by atoms with Crippen LogP contribution in [-0.4, -0.2) is 62.6 Å². The minimum absolute atomic E-state index is 0.208. The molecule has 0 aromatic heterocycles. The number of hydrogen-bond donors (Lipinski definition) is 1. The van der Waals surface area contributed by atoms with Gasteiger partial charge in [0.15, 0.2) is 0 Å². The summed E-state index contributed by atoms with van der Waals surface area (Å²) in [5.41, 5.74) is 1.37. The van der Waals surface area contributed by atoms with Crippen LogP contribution in [0.25, 0.3) is 0 Å². The molecule has 10 heteroatoms. The van der Waals surface area contributed by atoms with Crippen LogP contribution in [-0.2, 0) is 19.1 Å². The number of cyclic esters (lactones) is 1. The summed E-state index contributed by atoms with van der Waals surface area (Å²) in [6.45, 7) is 5.84. The average molecular weight is 470 g/mol. The normalized spacial score (nSPS) is 16.2. The number of allylic oxidation sites excluding steroid dienone is 1. The van der Waals surface area contributed by atoms with E-state index < -0.39 is 12.2 Å². The van der Waals surface area contributed by atoms with E-state index in [2.05, 4.69) is 5.32 Å². The van der Waals surface area contributed by atoms with E-state index in [1.807, 2.05) is 19.9 Å². The molecule has 1 atom stereocenters. The zero-order valence-electron chi connectivity index (χ0n) is 17.7. The molecule has 1 aromatic carbocycles. The Morgan fingerprint density at radius 1 is 1.39 bits per heavy atom. The van der Waals surface area contributed by atoms with Crippen LogP contribution >= 0.6 is 23.4 Å². The fraction of sp³-hybridized carbons (Fsp3) is 0.476. The molecule has 8 nitrogen and oxygen atoms in total. The first-order valence-corrected chi connectivity index (χ1v) is 11.6. The fourth-order valence-electron chi connectivity index (χ4n) is 2.97. The molecule has 0 bridgehead atoms. The van der Waals surface area contributed by atoms with Gasteiger partial charge in [-0.1, -0.05) is 13.0 Å². The van der Waals surface area contributed by atoms with Gasteiger partial charge in [-0.15, -0.1) is 23.4 Å². The molecule has 31 heavy (non-hydrogen) atoms. The lowest BCUT2D eigenvalue weighted by Crippen LogP contribution is -2.35. The van der Waals surface area contributed by atoms with Crippen LogP contribution in [0.3, 0.4) is 0 Å². The third-order valence-electron chi connectivity index (χ3n) is 4.49. The van der Waals surface area contributed by atoms with E-state index in [1.165, 1.54) is 16.7 Å². The molecule has 1 N–H and O–H groups in total. The number of carbonyl (C=O) groups is 3. The van der Waals surface area contributed by atoms with Crippen LogP contribution in [0.5, 0.6) is 0 Å². The van der Waals surface area contributed by atoms with Crippen molar-refractivity contribution < 1.29 is 23.9 Å².